The summed E-state index contributed by atoms with van der Waals surface area (Å²) in [4.78, 5) is 23.4. The van der Waals surface area contributed by atoms with Gasteiger partial charge in [0.1, 0.15) is 12.1 Å². The molecule has 0 aliphatic heterocycles. The lowest BCUT2D eigenvalue weighted by Crippen LogP contribution is -2.50. The highest BCUT2D eigenvalue weighted by Crippen LogP contribution is 2.37. The summed E-state index contributed by atoms with van der Waals surface area (Å²) in [5, 5.41) is 2.58. The average Bonchev–Trinajstić information content (AvgIpc) is 3.02. The summed E-state index contributed by atoms with van der Waals surface area (Å²) < 4.78 is 9.94. The highest BCUT2D eigenvalue weighted by atomic mass is 16.6. The molecule has 0 bridgehead atoms. The SMILES string of the molecule is C=CC[C@@H]1C[C@H]1OC(=O)N[C@H](C(=O)OC)C(C)(C)C. The lowest BCUT2D eigenvalue weighted by atomic mass is 9.87. The number of methoxy groups -OCH3 is 1. The Morgan fingerprint density at radius 2 is 2.11 bits per heavy atom. The van der Waals surface area contributed by atoms with Gasteiger partial charge in [-0.25, -0.2) is 9.59 Å². The van der Waals surface area contributed by atoms with Gasteiger partial charge in [0.15, 0.2) is 0 Å². The predicted octanol–water partition coefficient (Wildman–Crippen LogP) is 2.26. The predicted molar refractivity (Wildman–Crippen MR) is 71.6 cm³/mol. The topological polar surface area (TPSA) is 64.6 Å². The molecule has 0 radical (unpaired) electrons. The van der Waals surface area contributed by atoms with Gasteiger partial charge in [-0.1, -0.05) is 26.8 Å². The average molecular weight is 269 g/mol. The zero-order valence-electron chi connectivity index (χ0n) is 12.1. The van der Waals surface area contributed by atoms with Gasteiger partial charge in [0.25, 0.3) is 0 Å². The molecule has 1 aliphatic rings. The lowest BCUT2D eigenvalue weighted by Gasteiger charge is -2.28. The maximum absolute atomic E-state index is 11.8. The Balaban J connectivity index is 2.49. The van der Waals surface area contributed by atoms with Crippen molar-refractivity contribution < 1.29 is 19.1 Å². The van der Waals surface area contributed by atoms with Crippen LogP contribution in [0.5, 0.6) is 0 Å². The van der Waals surface area contributed by atoms with E-state index in [4.69, 9.17) is 9.47 Å². The van der Waals surface area contributed by atoms with Gasteiger partial charge in [-0.3, -0.25) is 0 Å². The van der Waals surface area contributed by atoms with E-state index < -0.39 is 23.5 Å². The Morgan fingerprint density at radius 3 is 2.58 bits per heavy atom. The van der Waals surface area contributed by atoms with Gasteiger partial charge in [-0.15, -0.1) is 6.58 Å². The first-order valence-corrected chi connectivity index (χ1v) is 6.45. The van der Waals surface area contributed by atoms with Crippen LogP contribution in [0.3, 0.4) is 0 Å². The smallest absolute Gasteiger partial charge is 0.408 e. The standard InChI is InChI=1S/C14H23NO4/c1-6-7-9-8-10(9)19-13(17)15-11(12(16)18-5)14(2,3)4/h6,9-11H,1,7-8H2,2-5H3,(H,15,17)/t9-,10-,11-/m1/s1. The molecule has 0 unspecified atom stereocenters. The van der Waals surface area contributed by atoms with Crippen LogP contribution in [0.4, 0.5) is 4.79 Å². The number of rotatable bonds is 5. The molecule has 0 aromatic carbocycles. The number of ether oxygens (including phenoxy) is 2. The number of hydrogen-bond acceptors (Lipinski definition) is 4. The minimum absolute atomic E-state index is 0.0590. The molecule has 108 valence electrons. The molecular formula is C14H23NO4. The third-order valence-corrected chi connectivity index (χ3v) is 3.15. The summed E-state index contributed by atoms with van der Waals surface area (Å²) in [6.07, 6.45) is 2.89. The highest BCUT2D eigenvalue weighted by Gasteiger charge is 2.41. The Hall–Kier alpha value is -1.52. The second kappa shape index (κ2) is 6.08. The van der Waals surface area contributed by atoms with Gasteiger partial charge in [-0.05, 0) is 18.3 Å². The van der Waals surface area contributed by atoms with Crippen LogP contribution in [-0.2, 0) is 14.3 Å². The fourth-order valence-corrected chi connectivity index (χ4v) is 1.86. The van der Waals surface area contributed by atoms with E-state index in [0.29, 0.717) is 5.92 Å². The van der Waals surface area contributed by atoms with Crippen molar-refractivity contribution in [2.45, 2.75) is 45.8 Å². The fourth-order valence-electron chi connectivity index (χ4n) is 1.86. The number of allylic oxidation sites excluding steroid dienone is 1. The van der Waals surface area contributed by atoms with E-state index in [1.54, 1.807) is 0 Å². The molecule has 0 aromatic heterocycles. The van der Waals surface area contributed by atoms with Crippen molar-refractivity contribution in [1.82, 2.24) is 5.32 Å². The summed E-state index contributed by atoms with van der Waals surface area (Å²) in [7, 11) is 1.30. The maximum Gasteiger partial charge on any atom is 0.408 e. The summed E-state index contributed by atoms with van der Waals surface area (Å²) in [5.74, 6) is -0.0997. The van der Waals surface area contributed by atoms with E-state index in [-0.39, 0.29) is 6.10 Å². The zero-order chi connectivity index (χ0) is 14.6. The Morgan fingerprint density at radius 1 is 1.47 bits per heavy atom. The summed E-state index contributed by atoms with van der Waals surface area (Å²) in [6.45, 7) is 9.21. The van der Waals surface area contributed by atoms with Crippen LogP contribution < -0.4 is 5.32 Å². The van der Waals surface area contributed by atoms with Crippen molar-refractivity contribution in [3.05, 3.63) is 12.7 Å². The number of carbonyl (C=O) groups is 2. The van der Waals surface area contributed by atoms with Crippen LogP contribution in [0.15, 0.2) is 12.7 Å². The zero-order valence-corrected chi connectivity index (χ0v) is 12.1. The quantitative estimate of drug-likeness (QED) is 0.614. The van der Waals surface area contributed by atoms with Crippen molar-refractivity contribution in [2.75, 3.05) is 7.11 Å². The van der Waals surface area contributed by atoms with Crippen molar-refractivity contribution in [3.8, 4) is 0 Å². The van der Waals surface area contributed by atoms with E-state index in [1.165, 1.54) is 7.11 Å². The maximum atomic E-state index is 11.8. The molecule has 1 amide bonds. The monoisotopic (exact) mass is 269 g/mol. The fraction of sp³-hybridized carbons (Fsp3) is 0.714. The molecular weight excluding hydrogens is 246 g/mol. The third kappa shape index (κ3) is 4.58. The normalized spacial score (nSPS) is 23.2. The summed E-state index contributed by atoms with van der Waals surface area (Å²) >= 11 is 0. The van der Waals surface area contributed by atoms with Crippen molar-refractivity contribution in [2.24, 2.45) is 11.3 Å². The van der Waals surface area contributed by atoms with Crippen LogP contribution in [0.1, 0.15) is 33.6 Å². The number of esters is 1. The molecule has 19 heavy (non-hydrogen) atoms. The van der Waals surface area contributed by atoms with Crippen molar-refractivity contribution in [1.29, 1.82) is 0 Å². The first-order chi connectivity index (χ1) is 8.79. The molecule has 0 spiro atoms. The molecule has 5 heteroatoms. The molecule has 1 fully saturated rings. The van der Waals surface area contributed by atoms with E-state index in [0.717, 1.165) is 12.8 Å². The molecule has 0 heterocycles. The Kier molecular flexibility index (Phi) is 4.97. The van der Waals surface area contributed by atoms with E-state index in [9.17, 15) is 9.59 Å². The third-order valence-electron chi connectivity index (χ3n) is 3.15. The largest absolute Gasteiger partial charge is 0.467 e. The second-order valence-electron chi connectivity index (χ2n) is 5.93. The number of nitrogens with one attached hydrogen (secondary N) is 1. The van der Waals surface area contributed by atoms with Crippen LogP contribution >= 0.6 is 0 Å². The number of hydrogen-bond donors (Lipinski definition) is 1. The lowest BCUT2D eigenvalue weighted by molar-refractivity contribution is -0.145. The van der Waals surface area contributed by atoms with Crippen LogP contribution in [-0.4, -0.2) is 31.3 Å². The van der Waals surface area contributed by atoms with E-state index in [2.05, 4.69) is 11.9 Å². The van der Waals surface area contributed by atoms with Crippen molar-refractivity contribution >= 4 is 12.1 Å². The Labute approximate surface area is 114 Å². The molecule has 5 nitrogen and oxygen atoms in total. The van der Waals surface area contributed by atoms with E-state index >= 15 is 0 Å². The molecule has 0 saturated heterocycles. The van der Waals surface area contributed by atoms with Crippen LogP contribution in [0.25, 0.3) is 0 Å². The molecule has 0 aromatic rings. The summed E-state index contributed by atoms with van der Waals surface area (Å²) in [6, 6.07) is -0.721. The molecule has 1 rings (SSSR count). The van der Waals surface area contributed by atoms with Crippen LogP contribution in [0, 0.1) is 11.3 Å². The van der Waals surface area contributed by atoms with Crippen molar-refractivity contribution in [3.63, 3.8) is 0 Å². The number of carbonyl (C=O) groups excluding carboxylic acids is 2. The Bertz CT molecular complexity index is 359. The van der Waals surface area contributed by atoms with Gasteiger partial charge in [0.2, 0.25) is 0 Å². The number of alkyl carbamates (subject to hydrolysis) is 1. The molecule has 3 atom stereocenters. The minimum atomic E-state index is -0.721. The second-order valence-corrected chi connectivity index (χ2v) is 5.93. The first kappa shape index (κ1) is 15.5. The molecule has 1 N–H and O–H groups in total. The first-order valence-electron chi connectivity index (χ1n) is 6.45. The van der Waals surface area contributed by atoms with E-state index in [1.807, 2.05) is 26.8 Å². The van der Waals surface area contributed by atoms with Gasteiger partial charge >= 0.3 is 12.1 Å². The van der Waals surface area contributed by atoms with Gasteiger partial charge < -0.3 is 14.8 Å². The molecule has 1 aliphatic carbocycles. The summed E-state index contributed by atoms with van der Waals surface area (Å²) in [5.41, 5.74) is -0.434. The minimum Gasteiger partial charge on any atom is -0.467 e. The van der Waals surface area contributed by atoms with Gasteiger partial charge in [0.05, 0.1) is 7.11 Å². The van der Waals surface area contributed by atoms with Gasteiger partial charge in [0, 0.05) is 5.92 Å². The number of amides is 1. The van der Waals surface area contributed by atoms with Crippen LogP contribution in [0.2, 0.25) is 0 Å². The molecule has 1 saturated carbocycles. The van der Waals surface area contributed by atoms with Gasteiger partial charge in [-0.2, -0.15) is 0 Å². The highest BCUT2D eigenvalue weighted by molar-refractivity contribution is 5.82.